The summed E-state index contributed by atoms with van der Waals surface area (Å²) in [6.07, 6.45) is 1.65. The highest BCUT2D eigenvalue weighted by molar-refractivity contribution is 5.94. The molecule has 13 heavy (non-hydrogen) atoms. The van der Waals surface area contributed by atoms with E-state index in [2.05, 4.69) is 5.32 Å². The van der Waals surface area contributed by atoms with Crippen molar-refractivity contribution in [3.05, 3.63) is 0 Å². The molecule has 0 spiro atoms. The third-order valence-electron chi connectivity index (χ3n) is 2.35. The molecule has 0 fully saturated rings. The molecule has 76 valence electrons. The number of imide groups is 1. The molecule has 4 nitrogen and oxygen atoms in total. The van der Waals surface area contributed by atoms with E-state index in [1.54, 1.807) is 0 Å². The van der Waals surface area contributed by atoms with Crippen molar-refractivity contribution in [1.82, 2.24) is 5.32 Å². The minimum atomic E-state index is -0.772. The summed E-state index contributed by atoms with van der Waals surface area (Å²) in [5, 5.41) is 2.11. The molecular formula is C9H18N2O2. The monoisotopic (exact) mass is 186 g/mol. The fraction of sp³-hybridized carbons (Fsp3) is 0.778. The van der Waals surface area contributed by atoms with Gasteiger partial charge in [-0.25, -0.2) is 4.79 Å². The standard InChI is InChI=1S/C9H18N2O2/c1-4-6(3)7(5-2)8(12)11-9(10)13/h6-7H,4-5H2,1-3H3,(H3,10,11,12,13)/t6-,7+/m1/s1. The highest BCUT2D eigenvalue weighted by atomic mass is 16.2. The Morgan fingerprint density at radius 3 is 2.15 bits per heavy atom. The van der Waals surface area contributed by atoms with Gasteiger partial charge in [-0.1, -0.05) is 27.2 Å². The molecule has 0 aliphatic rings. The van der Waals surface area contributed by atoms with Crippen molar-refractivity contribution in [1.29, 1.82) is 0 Å². The molecule has 0 saturated carbocycles. The summed E-state index contributed by atoms with van der Waals surface area (Å²) in [5.41, 5.74) is 4.86. The van der Waals surface area contributed by atoms with Crippen LogP contribution in [-0.2, 0) is 4.79 Å². The number of urea groups is 1. The lowest BCUT2D eigenvalue weighted by Crippen LogP contribution is -2.40. The van der Waals surface area contributed by atoms with Crippen molar-refractivity contribution in [2.75, 3.05) is 0 Å². The lowest BCUT2D eigenvalue weighted by molar-refractivity contribution is -0.125. The molecule has 4 heteroatoms. The van der Waals surface area contributed by atoms with E-state index in [1.165, 1.54) is 0 Å². The molecule has 0 aromatic rings. The smallest absolute Gasteiger partial charge is 0.318 e. The van der Waals surface area contributed by atoms with Crippen LogP contribution in [0.3, 0.4) is 0 Å². The summed E-state index contributed by atoms with van der Waals surface area (Å²) in [5.74, 6) is -0.0915. The average Bonchev–Trinajstić information content (AvgIpc) is 2.03. The molecular weight excluding hydrogens is 168 g/mol. The van der Waals surface area contributed by atoms with Gasteiger partial charge in [-0.05, 0) is 12.3 Å². The molecule has 2 atom stereocenters. The predicted molar refractivity (Wildman–Crippen MR) is 51.0 cm³/mol. The molecule has 0 aliphatic carbocycles. The highest BCUT2D eigenvalue weighted by Gasteiger charge is 2.22. The largest absolute Gasteiger partial charge is 0.351 e. The first-order valence-electron chi connectivity index (χ1n) is 4.63. The molecule has 0 aromatic carbocycles. The number of carbonyl (C=O) groups is 2. The van der Waals surface area contributed by atoms with E-state index in [-0.39, 0.29) is 17.7 Å². The van der Waals surface area contributed by atoms with Gasteiger partial charge in [0, 0.05) is 5.92 Å². The van der Waals surface area contributed by atoms with E-state index < -0.39 is 6.03 Å². The summed E-state index contributed by atoms with van der Waals surface area (Å²) < 4.78 is 0. The third kappa shape index (κ3) is 3.92. The number of hydrogen-bond donors (Lipinski definition) is 2. The first-order valence-corrected chi connectivity index (χ1v) is 4.63. The molecule has 0 aliphatic heterocycles. The molecule has 0 bridgehead atoms. The molecule has 0 rings (SSSR count). The van der Waals surface area contributed by atoms with E-state index in [0.717, 1.165) is 12.8 Å². The van der Waals surface area contributed by atoms with E-state index in [4.69, 9.17) is 5.73 Å². The lowest BCUT2D eigenvalue weighted by atomic mass is 9.89. The summed E-state index contributed by atoms with van der Waals surface area (Å²) in [7, 11) is 0. The first kappa shape index (κ1) is 11.9. The van der Waals surface area contributed by atoms with Crippen LogP contribution in [0, 0.1) is 11.8 Å². The Kier molecular flexibility index (Phi) is 5.11. The number of primary amides is 1. The maximum Gasteiger partial charge on any atom is 0.318 e. The summed E-state index contributed by atoms with van der Waals surface area (Å²) >= 11 is 0. The van der Waals surface area contributed by atoms with Crippen LogP contribution in [0.5, 0.6) is 0 Å². The quantitative estimate of drug-likeness (QED) is 0.693. The van der Waals surface area contributed by atoms with Gasteiger partial charge in [-0.2, -0.15) is 0 Å². The number of nitrogens with two attached hydrogens (primary N) is 1. The molecule has 0 aromatic heterocycles. The zero-order valence-electron chi connectivity index (χ0n) is 8.46. The lowest BCUT2D eigenvalue weighted by Gasteiger charge is -2.19. The summed E-state index contributed by atoms with van der Waals surface area (Å²) in [6.45, 7) is 5.94. The van der Waals surface area contributed by atoms with Crippen molar-refractivity contribution in [3.63, 3.8) is 0 Å². The minimum Gasteiger partial charge on any atom is -0.351 e. The molecule has 3 N–H and O–H groups in total. The van der Waals surface area contributed by atoms with E-state index in [9.17, 15) is 9.59 Å². The van der Waals surface area contributed by atoms with Gasteiger partial charge in [0.15, 0.2) is 0 Å². The fourth-order valence-corrected chi connectivity index (χ4v) is 1.34. The predicted octanol–water partition coefficient (Wildman–Crippen LogP) is 1.25. The van der Waals surface area contributed by atoms with Crippen molar-refractivity contribution in [2.45, 2.75) is 33.6 Å². The number of amides is 3. The van der Waals surface area contributed by atoms with E-state index in [1.807, 2.05) is 20.8 Å². The minimum absolute atomic E-state index is 0.113. The summed E-state index contributed by atoms with van der Waals surface area (Å²) in [4.78, 5) is 21.8. The SMILES string of the molecule is CC[C@@H](C)[C@H](CC)C(=O)NC(N)=O. The molecule has 0 heterocycles. The molecule has 3 amide bonds. The number of hydrogen-bond acceptors (Lipinski definition) is 2. The van der Waals surface area contributed by atoms with Crippen molar-refractivity contribution < 1.29 is 9.59 Å². The van der Waals surface area contributed by atoms with Gasteiger partial charge in [0.05, 0.1) is 0 Å². The maximum atomic E-state index is 11.4. The van der Waals surface area contributed by atoms with Crippen LogP contribution in [0.4, 0.5) is 4.79 Å². The van der Waals surface area contributed by atoms with Gasteiger partial charge in [0.2, 0.25) is 5.91 Å². The Hall–Kier alpha value is -1.06. The van der Waals surface area contributed by atoms with Crippen LogP contribution in [0.1, 0.15) is 33.6 Å². The van der Waals surface area contributed by atoms with Crippen LogP contribution >= 0.6 is 0 Å². The van der Waals surface area contributed by atoms with Gasteiger partial charge in [-0.3, -0.25) is 10.1 Å². The molecule has 0 saturated heterocycles. The second-order valence-corrected chi connectivity index (χ2v) is 3.25. The van der Waals surface area contributed by atoms with Gasteiger partial charge in [-0.15, -0.1) is 0 Å². The fourth-order valence-electron chi connectivity index (χ4n) is 1.34. The Morgan fingerprint density at radius 2 is 1.85 bits per heavy atom. The Morgan fingerprint density at radius 1 is 1.31 bits per heavy atom. The highest BCUT2D eigenvalue weighted by Crippen LogP contribution is 2.18. The van der Waals surface area contributed by atoms with Crippen molar-refractivity contribution in [3.8, 4) is 0 Å². The third-order valence-corrected chi connectivity index (χ3v) is 2.35. The topological polar surface area (TPSA) is 72.2 Å². The van der Waals surface area contributed by atoms with Crippen LogP contribution in [-0.4, -0.2) is 11.9 Å². The van der Waals surface area contributed by atoms with Gasteiger partial charge >= 0.3 is 6.03 Å². The second-order valence-electron chi connectivity index (χ2n) is 3.25. The average molecular weight is 186 g/mol. The Bertz CT molecular complexity index is 192. The summed E-state index contributed by atoms with van der Waals surface area (Å²) in [6, 6.07) is -0.772. The number of rotatable bonds is 4. The van der Waals surface area contributed by atoms with E-state index >= 15 is 0 Å². The first-order chi connectivity index (χ1) is 6.02. The second kappa shape index (κ2) is 5.56. The number of carbonyl (C=O) groups excluding carboxylic acids is 2. The normalized spacial score (nSPS) is 14.7. The Labute approximate surface area is 78.9 Å². The van der Waals surface area contributed by atoms with Crippen LogP contribution in [0.15, 0.2) is 0 Å². The van der Waals surface area contributed by atoms with Crippen LogP contribution < -0.4 is 11.1 Å². The zero-order chi connectivity index (χ0) is 10.4. The van der Waals surface area contributed by atoms with Crippen LogP contribution in [0.25, 0.3) is 0 Å². The van der Waals surface area contributed by atoms with Crippen LogP contribution in [0.2, 0.25) is 0 Å². The van der Waals surface area contributed by atoms with E-state index in [0.29, 0.717) is 0 Å². The van der Waals surface area contributed by atoms with Gasteiger partial charge < -0.3 is 5.73 Å². The van der Waals surface area contributed by atoms with Crippen molar-refractivity contribution >= 4 is 11.9 Å². The molecule has 0 radical (unpaired) electrons. The Balaban J connectivity index is 4.22. The van der Waals surface area contributed by atoms with Gasteiger partial charge in [0.25, 0.3) is 0 Å². The zero-order valence-corrected chi connectivity index (χ0v) is 8.46. The number of nitrogens with one attached hydrogen (secondary N) is 1. The molecule has 0 unspecified atom stereocenters. The van der Waals surface area contributed by atoms with Gasteiger partial charge in [0.1, 0.15) is 0 Å². The van der Waals surface area contributed by atoms with Crippen molar-refractivity contribution in [2.24, 2.45) is 17.6 Å². The maximum absolute atomic E-state index is 11.4.